The number of anilines is 2. The van der Waals surface area contributed by atoms with Crippen molar-refractivity contribution in [2.24, 2.45) is 0 Å². The molecule has 1 aliphatic heterocycles. The van der Waals surface area contributed by atoms with Gasteiger partial charge in [-0.1, -0.05) is 24.3 Å². The molecule has 0 radical (unpaired) electrons. The van der Waals surface area contributed by atoms with E-state index in [1.165, 1.54) is 0 Å². The summed E-state index contributed by atoms with van der Waals surface area (Å²) in [5.41, 5.74) is 3.96. The Morgan fingerprint density at radius 1 is 1.00 bits per heavy atom. The lowest BCUT2D eigenvalue weighted by atomic mass is 10.1. The van der Waals surface area contributed by atoms with Gasteiger partial charge in [-0.25, -0.2) is 23.1 Å². The normalized spacial score (nSPS) is 14.6. The second-order valence-corrected chi connectivity index (χ2v) is 8.58. The maximum atomic E-state index is 14.5. The molecule has 0 saturated carbocycles. The van der Waals surface area contributed by atoms with Crippen LogP contribution in [0.25, 0.3) is 33.4 Å². The van der Waals surface area contributed by atoms with Gasteiger partial charge >= 0.3 is 0 Å². The Bertz CT molecular complexity index is 1570. The SMILES string of the molecule is O=C(c1cc2ccc(-c3ncc(F)c(Nc4ccc(-c5cn[nH]c5)cc4)n3)cc2[nH]1)N1CC(F)(F)C1. The highest BCUT2D eigenvalue weighted by molar-refractivity contribution is 5.99. The average Bonchev–Trinajstić information content (AvgIpc) is 3.54. The van der Waals surface area contributed by atoms with Crippen molar-refractivity contribution in [1.82, 2.24) is 30.0 Å². The molecule has 36 heavy (non-hydrogen) atoms. The summed E-state index contributed by atoms with van der Waals surface area (Å²) in [4.78, 5) is 25.0. The van der Waals surface area contributed by atoms with Crippen molar-refractivity contribution < 1.29 is 18.0 Å². The van der Waals surface area contributed by atoms with Crippen molar-refractivity contribution >= 4 is 28.3 Å². The zero-order chi connectivity index (χ0) is 24.9. The molecule has 0 bridgehead atoms. The highest BCUT2D eigenvalue weighted by atomic mass is 19.3. The van der Waals surface area contributed by atoms with Crippen LogP contribution in [0, 0.1) is 5.82 Å². The van der Waals surface area contributed by atoms with Crippen LogP contribution >= 0.6 is 0 Å². The summed E-state index contributed by atoms with van der Waals surface area (Å²) in [5, 5.41) is 10.4. The van der Waals surface area contributed by atoms with Gasteiger partial charge in [0.15, 0.2) is 17.5 Å². The van der Waals surface area contributed by atoms with Crippen LogP contribution in [0.4, 0.5) is 24.7 Å². The second kappa shape index (κ2) is 8.22. The van der Waals surface area contributed by atoms with Crippen LogP contribution < -0.4 is 5.32 Å². The van der Waals surface area contributed by atoms with Crippen LogP contribution in [-0.4, -0.2) is 55.0 Å². The molecule has 11 heteroatoms. The molecule has 0 aliphatic carbocycles. The number of H-pyrrole nitrogens is 2. The van der Waals surface area contributed by atoms with E-state index in [0.29, 0.717) is 16.8 Å². The van der Waals surface area contributed by atoms with E-state index in [4.69, 9.17) is 0 Å². The predicted molar refractivity (Wildman–Crippen MR) is 127 cm³/mol. The van der Waals surface area contributed by atoms with Gasteiger partial charge in [-0.15, -0.1) is 0 Å². The highest BCUT2D eigenvalue weighted by Crippen LogP contribution is 2.30. The summed E-state index contributed by atoms with van der Waals surface area (Å²) in [6.45, 7) is -1.17. The third-order valence-electron chi connectivity index (χ3n) is 5.97. The molecule has 8 nitrogen and oxygen atoms in total. The van der Waals surface area contributed by atoms with E-state index in [1.807, 2.05) is 12.1 Å². The Balaban J connectivity index is 1.24. The van der Waals surface area contributed by atoms with Crippen LogP contribution in [0.3, 0.4) is 0 Å². The third kappa shape index (κ3) is 4.04. The monoisotopic (exact) mass is 489 g/mol. The minimum atomic E-state index is -2.83. The first-order valence-electron chi connectivity index (χ1n) is 11.0. The maximum Gasteiger partial charge on any atom is 0.282 e. The lowest BCUT2D eigenvalue weighted by Gasteiger charge is -2.38. The quantitative estimate of drug-likeness (QED) is 0.323. The van der Waals surface area contributed by atoms with Crippen LogP contribution in [-0.2, 0) is 0 Å². The summed E-state index contributed by atoms with van der Waals surface area (Å²) >= 11 is 0. The van der Waals surface area contributed by atoms with Gasteiger partial charge in [0.2, 0.25) is 0 Å². The van der Waals surface area contributed by atoms with E-state index >= 15 is 0 Å². The fourth-order valence-electron chi connectivity index (χ4n) is 4.09. The number of hydrogen-bond acceptors (Lipinski definition) is 5. The molecular weight excluding hydrogens is 471 g/mol. The Morgan fingerprint density at radius 3 is 2.50 bits per heavy atom. The average molecular weight is 489 g/mol. The molecule has 4 heterocycles. The van der Waals surface area contributed by atoms with E-state index < -0.39 is 30.7 Å². The Morgan fingerprint density at radius 2 is 1.78 bits per heavy atom. The summed E-state index contributed by atoms with van der Waals surface area (Å²) in [5.74, 6) is -3.64. The first-order valence-corrected chi connectivity index (χ1v) is 11.0. The van der Waals surface area contributed by atoms with Gasteiger partial charge in [-0.2, -0.15) is 5.10 Å². The topological polar surface area (TPSA) is 103 Å². The molecule has 1 fully saturated rings. The predicted octanol–water partition coefficient (Wildman–Crippen LogP) is 4.99. The number of likely N-dealkylation sites (tertiary alicyclic amines) is 1. The number of amides is 1. The molecule has 180 valence electrons. The van der Waals surface area contributed by atoms with Gasteiger partial charge in [0.05, 0.1) is 25.5 Å². The zero-order valence-corrected chi connectivity index (χ0v) is 18.6. The Hall–Kier alpha value is -4.67. The molecule has 3 aromatic heterocycles. The molecule has 3 N–H and O–H groups in total. The Labute approximate surface area is 202 Å². The fraction of sp³-hybridized carbons (Fsp3) is 0.120. The van der Waals surface area contributed by atoms with E-state index in [-0.39, 0.29) is 17.3 Å². The van der Waals surface area contributed by atoms with Crippen molar-refractivity contribution in [2.75, 3.05) is 18.4 Å². The van der Waals surface area contributed by atoms with Crippen molar-refractivity contribution in [3.05, 3.63) is 78.6 Å². The van der Waals surface area contributed by atoms with Gasteiger partial charge in [-0.3, -0.25) is 9.89 Å². The number of nitrogens with one attached hydrogen (secondary N) is 3. The van der Waals surface area contributed by atoms with E-state index in [9.17, 15) is 18.0 Å². The number of halogens is 3. The third-order valence-corrected chi connectivity index (χ3v) is 5.97. The number of fused-ring (bicyclic) bond motifs is 1. The van der Waals surface area contributed by atoms with Gasteiger partial charge < -0.3 is 15.2 Å². The molecule has 0 atom stereocenters. The standard InChI is InChI=1S/C25H18F3N7O/c26-19-11-29-22(34-23(19)32-18-5-3-14(4-6-18)17-9-30-31-10-17)16-2-1-15-7-21(33-20(15)8-16)24(36)35-12-25(27,28)13-35/h1-11,33H,12-13H2,(H,30,31)(H,29,32,34). The number of carbonyl (C=O) groups excluding carboxylic acids is 1. The van der Waals surface area contributed by atoms with Gasteiger partial charge in [0.1, 0.15) is 5.69 Å². The summed E-state index contributed by atoms with van der Waals surface area (Å²) in [6, 6.07) is 14.2. The number of aromatic nitrogens is 5. The highest BCUT2D eigenvalue weighted by Gasteiger charge is 2.46. The van der Waals surface area contributed by atoms with Gasteiger partial charge in [-0.05, 0) is 29.8 Å². The van der Waals surface area contributed by atoms with Crippen molar-refractivity contribution in [3.8, 4) is 22.5 Å². The molecule has 1 amide bonds. The molecule has 1 aliphatic rings. The number of alkyl halides is 2. The van der Waals surface area contributed by atoms with Gasteiger partial charge in [0.25, 0.3) is 11.8 Å². The number of benzene rings is 2. The first-order chi connectivity index (χ1) is 17.3. The van der Waals surface area contributed by atoms with Crippen molar-refractivity contribution in [1.29, 1.82) is 0 Å². The number of aromatic amines is 2. The van der Waals surface area contributed by atoms with Crippen molar-refractivity contribution in [3.63, 3.8) is 0 Å². The molecule has 2 aromatic carbocycles. The molecule has 0 unspecified atom stereocenters. The van der Waals surface area contributed by atoms with E-state index in [1.54, 1.807) is 48.8 Å². The minimum Gasteiger partial charge on any atom is -0.351 e. The van der Waals surface area contributed by atoms with Crippen LogP contribution in [0.1, 0.15) is 10.5 Å². The van der Waals surface area contributed by atoms with Crippen molar-refractivity contribution in [2.45, 2.75) is 5.92 Å². The molecule has 1 saturated heterocycles. The van der Waals surface area contributed by atoms with Crippen LogP contribution in [0.15, 0.2) is 67.1 Å². The smallest absolute Gasteiger partial charge is 0.282 e. The molecule has 0 spiro atoms. The summed E-state index contributed by atoms with van der Waals surface area (Å²) in [6.07, 6.45) is 4.58. The fourth-order valence-corrected chi connectivity index (χ4v) is 4.09. The first kappa shape index (κ1) is 21.8. The molecule has 5 aromatic rings. The van der Waals surface area contributed by atoms with E-state index in [2.05, 4.69) is 30.5 Å². The number of hydrogen-bond donors (Lipinski definition) is 3. The second-order valence-electron chi connectivity index (χ2n) is 8.58. The lowest BCUT2D eigenvalue weighted by Crippen LogP contribution is -2.58. The number of nitrogens with zero attached hydrogens (tertiary/aromatic N) is 4. The number of rotatable bonds is 5. The number of carbonyl (C=O) groups is 1. The van der Waals surface area contributed by atoms with Gasteiger partial charge in [0, 0.05) is 33.9 Å². The Kier molecular flexibility index (Phi) is 4.99. The summed E-state index contributed by atoms with van der Waals surface area (Å²) in [7, 11) is 0. The molecule has 6 rings (SSSR count). The van der Waals surface area contributed by atoms with E-state index in [0.717, 1.165) is 27.6 Å². The lowest BCUT2D eigenvalue weighted by molar-refractivity contribution is -0.113. The maximum absolute atomic E-state index is 14.5. The molecular formula is C25H18F3N7O. The summed E-state index contributed by atoms with van der Waals surface area (Å²) < 4.78 is 40.7. The van der Waals surface area contributed by atoms with Crippen LogP contribution in [0.2, 0.25) is 0 Å². The zero-order valence-electron chi connectivity index (χ0n) is 18.6. The van der Waals surface area contributed by atoms with Crippen LogP contribution in [0.5, 0.6) is 0 Å². The minimum absolute atomic E-state index is 0.0113. The largest absolute Gasteiger partial charge is 0.351 e.